The topological polar surface area (TPSA) is 83.6 Å². The molecule has 0 aliphatic carbocycles. The van der Waals surface area contributed by atoms with Crippen LogP contribution in [0.5, 0.6) is 0 Å². The van der Waals surface area contributed by atoms with E-state index in [1.54, 1.807) is 0 Å². The molecule has 0 aliphatic heterocycles. The fourth-order valence-electron chi connectivity index (χ4n) is 2.20. The molecule has 0 bridgehead atoms. The Labute approximate surface area is 154 Å². The van der Waals surface area contributed by atoms with Crippen molar-refractivity contribution in [3.63, 3.8) is 0 Å². The Hall–Kier alpha value is -2.19. The van der Waals surface area contributed by atoms with Crippen molar-refractivity contribution in [3.05, 3.63) is 40.4 Å². The predicted octanol–water partition coefficient (Wildman–Crippen LogP) is 3.97. The Morgan fingerprint density at radius 2 is 2.00 bits per heavy atom. The fourth-order valence-corrected chi connectivity index (χ4v) is 3.75. The number of thioether (sulfide) groups is 1. The standard InChI is InChI=1S/C17H19N5OS2/c1-9-7-5-6-8-13(9)14-19-17(22-21-14)25-12(4)15(23)20-16-18-10(2)11(3)24-16/h5-8,12H,1-4H3,(H,18,20,23)(H,19,21,22)/t12-/m1/s1. The van der Waals surface area contributed by atoms with Gasteiger partial charge in [-0.2, -0.15) is 0 Å². The molecule has 2 heterocycles. The van der Waals surface area contributed by atoms with Crippen molar-refractivity contribution in [2.45, 2.75) is 38.1 Å². The highest BCUT2D eigenvalue weighted by atomic mass is 32.2. The zero-order valence-electron chi connectivity index (χ0n) is 14.5. The number of amides is 1. The number of benzene rings is 1. The summed E-state index contributed by atoms with van der Waals surface area (Å²) in [5, 5.41) is 10.9. The number of carbonyl (C=O) groups is 1. The normalized spacial score (nSPS) is 12.2. The van der Waals surface area contributed by atoms with Crippen LogP contribution >= 0.6 is 23.1 Å². The lowest BCUT2D eigenvalue weighted by Crippen LogP contribution is -2.22. The summed E-state index contributed by atoms with van der Waals surface area (Å²) in [5.74, 6) is 0.598. The van der Waals surface area contributed by atoms with Gasteiger partial charge in [-0.1, -0.05) is 36.0 Å². The minimum Gasteiger partial charge on any atom is -0.301 e. The van der Waals surface area contributed by atoms with Crippen LogP contribution in [0.4, 0.5) is 5.13 Å². The first-order valence-electron chi connectivity index (χ1n) is 7.84. The lowest BCUT2D eigenvalue weighted by atomic mass is 10.1. The summed E-state index contributed by atoms with van der Waals surface area (Å²) in [6.45, 7) is 7.78. The van der Waals surface area contributed by atoms with Crippen LogP contribution in [-0.4, -0.2) is 31.3 Å². The van der Waals surface area contributed by atoms with Crippen LogP contribution in [0.25, 0.3) is 11.4 Å². The summed E-state index contributed by atoms with van der Waals surface area (Å²) in [5.41, 5.74) is 3.07. The summed E-state index contributed by atoms with van der Waals surface area (Å²) < 4.78 is 0. The van der Waals surface area contributed by atoms with Gasteiger partial charge >= 0.3 is 0 Å². The van der Waals surface area contributed by atoms with Gasteiger partial charge in [-0.15, -0.1) is 16.4 Å². The molecule has 6 nitrogen and oxygen atoms in total. The van der Waals surface area contributed by atoms with E-state index in [1.165, 1.54) is 23.1 Å². The highest BCUT2D eigenvalue weighted by molar-refractivity contribution is 8.00. The number of aromatic amines is 1. The molecule has 0 saturated carbocycles. The minimum absolute atomic E-state index is 0.110. The summed E-state index contributed by atoms with van der Waals surface area (Å²) in [6, 6.07) is 7.97. The zero-order valence-corrected chi connectivity index (χ0v) is 16.1. The number of anilines is 1. The third kappa shape index (κ3) is 4.08. The second-order valence-electron chi connectivity index (χ2n) is 5.69. The molecular formula is C17H19N5OS2. The van der Waals surface area contributed by atoms with Crippen molar-refractivity contribution in [1.29, 1.82) is 0 Å². The molecule has 0 saturated heterocycles. The van der Waals surface area contributed by atoms with Gasteiger partial charge in [-0.3, -0.25) is 9.89 Å². The van der Waals surface area contributed by atoms with Gasteiger partial charge in [0.1, 0.15) is 0 Å². The first-order valence-corrected chi connectivity index (χ1v) is 9.53. The molecule has 2 N–H and O–H groups in total. The van der Waals surface area contributed by atoms with E-state index in [1.807, 2.05) is 52.0 Å². The molecule has 1 aromatic carbocycles. The number of nitrogens with zero attached hydrogens (tertiary/aromatic N) is 3. The number of hydrogen-bond donors (Lipinski definition) is 2. The van der Waals surface area contributed by atoms with Crippen molar-refractivity contribution in [3.8, 4) is 11.4 Å². The molecular weight excluding hydrogens is 354 g/mol. The highest BCUT2D eigenvalue weighted by Gasteiger charge is 2.19. The fraction of sp³-hybridized carbons (Fsp3) is 0.294. The third-order valence-electron chi connectivity index (χ3n) is 3.78. The summed E-state index contributed by atoms with van der Waals surface area (Å²) in [6.07, 6.45) is 0. The number of carbonyl (C=O) groups excluding carboxylic acids is 1. The minimum atomic E-state index is -0.329. The largest absolute Gasteiger partial charge is 0.301 e. The van der Waals surface area contributed by atoms with E-state index in [9.17, 15) is 4.79 Å². The molecule has 0 spiro atoms. The molecule has 1 amide bonds. The molecule has 8 heteroatoms. The van der Waals surface area contributed by atoms with Gasteiger partial charge < -0.3 is 5.32 Å². The molecule has 2 aromatic heterocycles. The van der Waals surface area contributed by atoms with Crippen LogP contribution in [0.15, 0.2) is 29.4 Å². The maximum Gasteiger partial charge on any atom is 0.239 e. The number of thiazole rings is 1. The summed E-state index contributed by atoms with van der Waals surface area (Å²) in [4.78, 5) is 22.3. The molecule has 3 aromatic rings. The van der Waals surface area contributed by atoms with Gasteiger partial charge in [-0.25, -0.2) is 9.97 Å². The van der Waals surface area contributed by atoms with E-state index in [0.717, 1.165) is 21.7 Å². The van der Waals surface area contributed by atoms with E-state index in [0.29, 0.717) is 16.1 Å². The first-order chi connectivity index (χ1) is 11.9. The van der Waals surface area contributed by atoms with E-state index in [4.69, 9.17) is 0 Å². The van der Waals surface area contributed by atoms with Crippen LogP contribution in [0.3, 0.4) is 0 Å². The lowest BCUT2D eigenvalue weighted by Gasteiger charge is -2.07. The monoisotopic (exact) mass is 373 g/mol. The van der Waals surface area contributed by atoms with Crippen molar-refractivity contribution in [2.24, 2.45) is 0 Å². The summed E-state index contributed by atoms with van der Waals surface area (Å²) in [7, 11) is 0. The molecule has 25 heavy (non-hydrogen) atoms. The predicted molar refractivity (Wildman–Crippen MR) is 102 cm³/mol. The van der Waals surface area contributed by atoms with Gasteiger partial charge in [0.25, 0.3) is 0 Å². The average Bonchev–Trinajstić information content (AvgIpc) is 3.15. The molecule has 0 radical (unpaired) electrons. The van der Waals surface area contributed by atoms with Crippen LogP contribution < -0.4 is 5.32 Å². The second-order valence-corrected chi connectivity index (χ2v) is 8.20. The number of rotatable bonds is 5. The first kappa shape index (κ1) is 17.6. The summed E-state index contributed by atoms with van der Waals surface area (Å²) >= 11 is 2.79. The van der Waals surface area contributed by atoms with Crippen molar-refractivity contribution < 1.29 is 4.79 Å². The van der Waals surface area contributed by atoms with E-state index in [2.05, 4.69) is 25.5 Å². The van der Waals surface area contributed by atoms with Crippen LogP contribution in [-0.2, 0) is 4.79 Å². The van der Waals surface area contributed by atoms with E-state index < -0.39 is 0 Å². The average molecular weight is 374 g/mol. The molecule has 1 atom stereocenters. The van der Waals surface area contributed by atoms with Gasteiger partial charge in [-0.05, 0) is 33.3 Å². The quantitative estimate of drug-likeness (QED) is 0.661. The molecule has 0 aliphatic rings. The Kier molecular flexibility index (Phi) is 5.19. The van der Waals surface area contributed by atoms with Crippen molar-refractivity contribution in [1.82, 2.24) is 20.2 Å². The highest BCUT2D eigenvalue weighted by Crippen LogP contribution is 2.26. The van der Waals surface area contributed by atoms with Crippen LogP contribution in [0.2, 0.25) is 0 Å². The second kappa shape index (κ2) is 7.37. The maximum atomic E-state index is 12.3. The molecule has 130 valence electrons. The number of aryl methyl sites for hydroxylation is 3. The van der Waals surface area contributed by atoms with Crippen molar-refractivity contribution >= 4 is 34.1 Å². The van der Waals surface area contributed by atoms with E-state index in [-0.39, 0.29) is 11.2 Å². The Balaban J connectivity index is 1.66. The van der Waals surface area contributed by atoms with Gasteiger partial charge in [0.05, 0.1) is 10.9 Å². The maximum absolute atomic E-state index is 12.3. The number of H-pyrrole nitrogens is 1. The van der Waals surface area contributed by atoms with Crippen LogP contribution in [0.1, 0.15) is 23.1 Å². The number of nitrogens with one attached hydrogen (secondary N) is 2. The molecule has 0 fully saturated rings. The molecule has 3 rings (SSSR count). The van der Waals surface area contributed by atoms with Gasteiger partial charge in [0.15, 0.2) is 11.0 Å². The number of hydrogen-bond acceptors (Lipinski definition) is 6. The van der Waals surface area contributed by atoms with Gasteiger partial charge in [0.2, 0.25) is 11.1 Å². The smallest absolute Gasteiger partial charge is 0.239 e. The third-order valence-corrected chi connectivity index (χ3v) is 5.72. The SMILES string of the molecule is Cc1ccccc1-c1nc(S[C@H](C)C(=O)Nc2nc(C)c(C)s2)n[nH]1. The Morgan fingerprint density at radius 1 is 1.24 bits per heavy atom. The molecule has 0 unspecified atom stereocenters. The number of aromatic nitrogens is 4. The van der Waals surface area contributed by atoms with Crippen molar-refractivity contribution in [2.75, 3.05) is 5.32 Å². The van der Waals surface area contributed by atoms with Crippen LogP contribution in [0, 0.1) is 20.8 Å². The lowest BCUT2D eigenvalue weighted by molar-refractivity contribution is -0.115. The zero-order chi connectivity index (χ0) is 18.0. The van der Waals surface area contributed by atoms with Gasteiger partial charge in [0, 0.05) is 10.4 Å². The van der Waals surface area contributed by atoms with E-state index >= 15 is 0 Å². The Morgan fingerprint density at radius 3 is 2.68 bits per heavy atom. The Bertz CT molecular complexity index is 883.